The monoisotopic (exact) mass is 419 g/mol. The molecule has 9 heteroatoms. The van der Waals surface area contributed by atoms with E-state index in [0.29, 0.717) is 23.9 Å². The number of alkyl halides is 3. The van der Waals surface area contributed by atoms with Crippen LogP contribution in [0.5, 0.6) is 11.5 Å². The van der Waals surface area contributed by atoms with Gasteiger partial charge in [-0.05, 0) is 36.4 Å². The maximum absolute atomic E-state index is 13.0. The Kier molecular flexibility index (Phi) is 7.67. The number of para-hydroxylation sites is 1. The van der Waals surface area contributed by atoms with Crippen molar-refractivity contribution in [3.8, 4) is 11.5 Å². The Bertz CT molecular complexity index is 769. The van der Waals surface area contributed by atoms with Gasteiger partial charge in [-0.2, -0.15) is 13.2 Å². The van der Waals surface area contributed by atoms with E-state index in [1.807, 2.05) is 0 Å². The first-order chi connectivity index (χ1) is 12.8. The molecule has 27 heavy (non-hydrogen) atoms. The first-order valence-electron chi connectivity index (χ1n) is 7.81. The minimum Gasteiger partial charge on any atom is -0.497 e. The smallest absolute Gasteiger partial charge is 0.418 e. The molecular formula is C18H17ClF3NO3S. The third-order valence-electron chi connectivity index (χ3n) is 3.37. The topological polar surface area (TPSA) is 47.6 Å². The highest BCUT2D eigenvalue weighted by atomic mass is 35.5. The van der Waals surface area contributed by atoms with Gasteiger partial charge in [0.1, 0.15) is 11.5 Å². The Morgan fingerprint density at radius 1 is 1.15 bits per heavy atom. The highest BCUT2D eigenvalue weighted by molar-refractivity contribution is 7.99. The number of nitrogens with one attached hydrogen (secondary N) is 1. The number of amides is 1. The van der Waals surface area contributed by atoms with Gasteiger partial charge in [-0.25, -0.2) is 0 Å². The number of rotatable bonds is 8. The number of methoxy groups -OCH3 is 1. The summed E-state index contributed by atoms with van der Waals surface area (Å²) in [5.41, 5.74) is -1.40. The van der Waals surface area contributed by atoms with Crippen molar-refractivity contribution in [3.63, 3.8) is 0 Å². The highest BCUT2D eigenvalue weighted by Crippen LogP contribution is 2.38. The van der Waals surface area contributed by atoms with Crippen LogP contribution in [0.1, 0.15) is 5.56 Å². The second-order valence-electron chi connectivity index (χ2n) is 5.28. The largest absolute Gasteiger partial charge is 0.497 e. The van der Waals surface area contributed by atoms with E-state index in [-0.39, 0.29) is 10.8 Å². The molecule has 0 bridgehead atoms. The number of hydrogen-bond donors (Lipinski definition) is 1. The molecule has 2 aromatic rings. The third kappa shape index (κ3) is 6.55. The average molecular weight is 420 g/mol. The fraction of sp³-hybridized carbons (Fsp3) is 0.278. The number of halogens is 4. The number of benzene rings is 2. The molecular weight excluding hydrogens is 403 g/mol. The summed E-state index contributed by atoms with van der Waals surface area (Å²) in [5.74, 6) is 1.28. The Balaban J connectivity index is 1.78. The minimum atomic E-state index is -4.60. The van der Waals surface area contributed by atoms with Crippen LogP contribution < -0.4 is 14.8 Å². The molecule has 1 amide bonds. The number of thioether (sulfide) groups is 1. The first kappa shape index (κ1) is 21.2. The lowest BCUT2D eigenvalue weighted by atomic mass is 10.1. The Labute approximate surface area is 164 Å². The van der Waals surface area contributed by atoms with Crippen molar-refractivity contribution in [2.75, 3.05) is 30.5 Å². The summed E-state index contributed by atoms with van der Waals surface area (Å²) >= 11 is 7.04. The van der Waals surface area contributed by atoms with Gasteiger partial charge in [0.25, 0.3) is 0 Å². The van der Waals surface area contributed by atoms with Gasteiger partial charge in [-0.1, -0.05) is 17.7 Å². The van der Waals surface area contributed by atoms with E-state index in [9.17, 15) is 18.0 Å². The molecule has 2 aromatic carbocycles. The maximum Gasteiger partial charge on any atom is 0.418 e. The SMILES string of the molecule is COc1ccc(OCCSCC(=O)Nc2c(Cl)cccc2C(F)(F)F)cc1. The summed E-state index contributed by atoms with van der Waals surface area (Å²) < 4.78 is 49.6. The van der Waals surface area contributed by atoms with Gasteiger partial charge in [0.2, 0.25) is 5.91 Å². The van der Waals surface area contributed by atoms with Crippen LogP contribution >= 0.6 is 23.4 Å². The van der Waals surface area contributed by atoms with Crippen molar-refractivity contribution in [2.45, 2.75) is 6.18 Å². The molecule has 0 unspecified atom stereocenters. The Morgan fingerprint density at radius 3 is 2.44 bits per heavy atom. The molecule has 0 aliphatic carbocycles. The van der Waals surface area contributed by atoms with Crippen molar-refractivity contribution in [1.29, 1.82) is 0 Å². The molecule has 146 valence electrons. The van der Waals surface area contributed by atoms with Crippen LogP contribution in [0.4, 0.5) is 18.9 Å². The standard InChI is InChI=1S/C18H17ClF3NO3S/c1-25-12-5-7-13(8-6-12)26-9-10-27-11-16(24)23-17-14(18(20,21)22)3-2-4-15(17)19/h2-8H,9-11H2,1H3,(H,23,24). The van der Waals surface area contributed by atoms with E-state index in [1.165, 1.54) is 23.9 Å². The van der Waals surface area contributed by atoms with Crippen LogP contribution in [0.3, 0.4) is 0 Å². The molecule has 0 aromatic heterocycles. The second kappa shape index (κ2) is 9.75. The van der Waals surface area contributed by atoms with E-state index in [2.05, 4.69) is 5.32 Å². The summed E-state index contributed by atoms with van der Waals surface area (Å²) in [6, 6.07) is 10.4. The number of hydrogen-bond acceptors (Lipinski definition) is 4. The van der Waals surface area contributed by atoms with Gasteiger partial charge in [-0.15, -0.1) is 11.8 Å². The summed E-state index contributed by atoms with van der Waals surface area (Å²) in [6.07, 6.45) is -4.60. The van der Waals surface area contributed by atoms with E-state index in [4.69, 9.17) is 21.1 Å². The molecule has 0 aliphatic rings. The van der Waals surface area contributed by atoms with Crippen molar-refractivity contribution < 1.29 is 27.4 Å². The molecule has 0 aliphatic heterocycles. The van der Waals surface area contributed by atoms with Crippen LogP contribution in [0.15, 0.2) is 42.5 Å². The quantitative estimate of drug-likeness (QED) is 0.603. The molecule has 0 fully saturated rings. The Morgan fingerprint density at radius 2 is 1.81 bits per heavy atom. The number of carbonyl (C=O) groups excluding carboxylic acids is 1. The number of anilines is 1. The van der Waals surface area contributed by atoms with Gasteiger partial charge in [0.05, 0.1) is 35.7 Å². The lowest BCUT2D eigenvalue weighted by Gasteiger charge is -2.15. The van der Waals surface area contributed by atoms with Crippen LogP contribution in [0.25, 0.3) is 0 Å². The zero-order chi connectivity index (χ0) is 19.9. The molecule has 1 N–H and O–H groups in total. The van der Waals surface area contributed by atoms with Crippen molar-refractivity contribution in [3.05, 3.63) is 53.1 Å². The lowest BCUT2D eigenvalue weighted by Crippen LogP contribution is -2.19. The fourth-order valence-corrected chi connectivity index (χ4v) is 2.94. The van der Waals surface area contributed by atoms with Crippen LogP contribution in [0, 0.1) is 0 Å². The fourth-order valence-electron chi connectivity index (χ4n) is 2.12. The molecule has 4 nitrogen and oxygen atoms in total. The lowest BCUT2D eigenvalue weighted by molar-refractivity contribution is -0.137. The van der Waals surface area contributed by atoms with Crippen LogP contribution in [-0.4, -0.2) is 31.1 Å². The van der Waals surface area contributed by atoms with Gasteiger partial charge in [-0.3, -0.25) is 4.79 Å². The van der Waals surface area contributed by atoms with E-state index >= 15 is 0 Å². The van der Waals surface area contributed by atoms with Gasteiger partial charge >= 0.3 is 6.18 Å². The molecule has 0 spiro atoms. The predicted molar refractivity (Wildman–Crippen MR) is 101 cm³/mol. The van der Waals surface area contributed by atoms with Crippen molar-refractivity contribution >= 4 is 35.0 Å². The van der Waals surface area contributed by atoms with Gasteiger partial charge in [0, 0.05) is 5.75 Å². The van der Waals surface area contributed by atoms with Crippen LogP contribution in [-0.2, 0) is 11.0 Å². The summed E-state index contributed by atoms with van der Waals surface area (Å²) in [5, 5.41) is 2.08. The average Bonchev–Trinajstić information content (AvgIpc) is 2.62. The zero-order valence-electron chi connectivity index (χ0n) is 14.3. The molecule has 0 heterocycles. The van der Waals surface area contributed by atoms with E-state index in [0.717, 1.165) is 6.07 Å². The minimum absolute atomic E-state index is 0.0194. The summed E-state index contributed by atoms with van der Waals surface area (Å²) in [6.45, 7) is 0.351. The van der Waals surface area contributed by atoms with Gasteiger partial charge < -0.3 is 14.8 Å². The molecule has 0 radical (unpaired) electrons. The van der Waals surface area contributed by atoms with Crippen molar-refractivity contribution in [2.24, 2.45) is 0 Å². The van der Waals surface area contributed by atoms with Gasteiger partial charge in [0.15, 0.2) is 0 Å². The first-order valence-corrected chi connectivity index (χ1v) is 9.34. The second-order valence-corrected chi connectivity index (χ2v) is 6.80. The van der Waals surface area contributed by atoms with Crippen molar-refractivity contribution in [1.82, 2.24) is 0 Å². The zero-order valence-corrected chi connectivity index (χ0v) is 15.9. The van der Waals surface area contributed by atoms with E-state index in [1.54, 1.807) is 31.4 Å². The normalized spacial score (nSPS) is 11.1. The number of ether oxygens (including phenoxy) is 2. The molecule has 0 saturated heterocycles. The predicted octanol–water partition coefficient (Wildman–Crippen LogP) is 5.12. The van der Waals surface area contributed by atoms with Crippen LogP contribution in [0.2, 0.25) is 5.02 Å². The third-order valence-corrected chi connectivity index (χ3v) is 4.61. The number of carbonyl (C=O) groups is 1. The summed E-state index contributed by atoms with van der Waals surface area (Å²) in [4.78, 5) is 11.9. The molecule has 0 saturated carbocycles. The highest BCUT2D eigenvalue weighted by Gasteiger charge is 2.34. The summed E-state index contributed by atoms with van der Waals surface area (Å²) in [7, 11) is 1.57. The molecule has 0 atom stereocenters. The Hall–Kier alpha value is -2.06. The maximum atomic E-state index is 13.0. The molecule has 2 rings (SSSR count). The van der Waals surface area contributed by atoms with E-state index < -0.39 is 23.3 Å².